The molecule has 6 heteroatoms. The number of carbonyl (C=O) groups is 2. The second-order valence-electron chi connectivity index (χ2n) is 4.35. The van der Waals surface area contributed by atoms with Gasteiger partial charge < -0.3 is 9.84 Å². The van der Waals surface area contributed by atoms with Crippen LogP contribution in [0, 0.1) is 5.41 Å². The standard InChI is InChI=1S/C12H15NO4S/c1-12(2,11(16)17-3)7-18-9-5-4-8(6-13-9)10(14)15/h4-6H,7H2,1-3H3,(H,14,15). The van der Waals surface area contributed by atoms with Gasteiger partial charge in [0.15, 0.2) is 0 Å². The molecule has 18 heavy (non-hydrogen) atoms. The minimum absolute atomic E-state index is 0.145. The summed E-state index contributed by atoms with van der Waals surface area (Å²) in [7, 11) is 1.36. The number of aromatic nitrogens is 1. The lowest BCUT2D eigenvalue weighted by Gasteiger charge is -2.20. The van der Waals surface area contributed by atoms with E-state index in [9.17, 15) is 9.59 Å². The van der Waals surface area contributed by atoms with Crippen LogP contribution >= 0.6 is 11.8 Å². The number of nitrogens with zero attached hydrogens (tertiary/aromatic N) is 1. The summed E-state index contributed by atoms with van der Waals surface area (Å²) in [6.45, 7) is 3.58. The van der Waals surface area contributed by atoms with Gasteiger partial charge in [0.25, 0.3) is 0 Å². The lowest BCUT2D eigenvalue weighted by molar-refractivity contribution is -0.149. The molecule has 0 unspecified atom stereocenters. The molecule has 0 bridgehead atoms. The first-order valence-corrected chi connectivity index (χ1v) is 6.26. The fourth-order valence-corrected chi connectivity index (χ4v) is 2.10. The van der Waals surface area contributed by atoms with Crippen LogP contribution in [-0.2, 0) is 9.53 Å². The van der Waals surface area contributed by atoms with E-state index in [1.54, 1.807) is 19.9 Å². The molecular weight excluding hydrogens is 254 g/mol. The molecule has 0 atom stereocenters. The Balaban J connectivity index is 2.64. The summed E-state index contributed by atoms with van der Waals surface area (Å²) < 4.78 is 4.70. The van der Waals surface area contributed by atoms with Crippen molar-refractivity contribution in [2.45, 2.75) is 18.9 Å². The Morgan fingerprint density at radius 1 is 1.44 bits per heavy atom. The number of esters is 1. The number of aromatic carboxylic acids is 1. The van der Waals surface area contributed by atoms with Crippen LogP contribution in [0.1, 0.15) is 24.2 Å². The van der Waals surface area contributed by atoms with Gasteiger partial charge in [-0.05, 0) is 26.0 Å². The topological polar surface area (TPSA) is 76.5 Å². The second-order valence-corrected chi connectivity index (χ2v) is 5.35. The molecule has 0 fully saturated rings. The molecule has 98 valence electrons. The molecule has 1 rings (SSSR count). The Bertz CT molecular complexity index is 442. The minimum atomic E-state index is -1.01. The van der Waals surface area contributed by atoms with Crippen molar-refractivity contribution in [2.24, 2.45) is 5.41 Å². The maximum atomic E-state index is 11.5. The van der Waals surface area contributed by atoms with Gasteiger partial charge in [0.1, 0.15) is 0 Å². The van der Waals surface area contributed by atoms with Gasteiger partial charge in [0.05, 0.1) is 23.1 Å². The van der Waals surface area contributed by atoms with Crippen molar-refractivity contribution in [3.05, 3.63) is 23.9 Å². The summed E-state index contributed by atoms with van der Waals surface area (Å²) >= 11 is 1.39. The molecule has 0 aliphatic rings. The van der Waals surface area contributed by atoms with E-state index in [4.69, 9.17) is 9.84 Å². The summed E-state index contributed by atoms with van der Waals surface area (Å²) in [5.74, 6) is -0.773. The van der Waals surface area contributed by atoms with Crippen molar-refractivity contribution in [1.29, 1.82) is 0 Å². The van der Waals surface area contributed by atoms with Gasteiger partial charge in [-0.25, -0.2) is 9.78 Å². The van der Waals surface area contributed by atoms with Gasteiger partial charge in [0.2, 0.25) is 0 Å². The minimum Gasteiger partial charge on any atom is -0.478 e. The number of thioether (sulfide) groups is 1. The summed E-state index contributed by atoms with van der Waals surface area (Å²) in [5, 5.41) is 9.41. The Hall–Kier alpha value is -1.56. The van der Waals surface area contributed by atoms with Crippen LogP contribution in [0.25, 0.3) is 0 Å². The van der Waals surface area contributed by atoms with E-state index in [1.165, 1.54) is 31.1 Å². The van der Waals surface area contributed by atoms with Crippen LogP contribution in [-0.4, -0.2) is 34.9 Å². The molecule has 5 nitrogen and oxygen atoms in total. The maximum absolute atomic E-state index is 11.5. The third-order valence-corrected chi connectivity index (χ3v) is 3.71. The van der Waals surface area contributed by atoms with E-state index in [2.05, 4.69) is 4.98 Å². The van der Waals surface area contributed by atoms with Crippen LogP contribution in [0.5, 0.6) is 0 Å². The summed E-state index contributed by atoms with van der Waals surface area (Å²) in [6, 6.07) is 3.12. The largest absolute Gasteiger partial charge is 0.478 e. The van der Waals surface area contributed by atoms with E-state index in [0.717, 1.165) is 0 Å². The average molecular weight is 269 g/mol. The highest BCUT2D eigenvalue weighted by Gasteiger charge is 2.28. The number of carboxylic acid groups (broad SMARTS) is 1. The number of pyridine rings is 1. The van der Waals surface area contributed by atoms with E-state index in [0.29, 0.717) is 10.8 Å². The number of methoxy groups -OCH3 is 1. The Labute approximate surface area is 110 Å². The molecule has 1 aromatic rings. The monoisotopic (exact) mass is 269 g/mol. The van der Waals surface area contributed by atoms with Gasteiger partial charge in [-0.1, -0.05) is 0 Å². The first kappa shape index (κ1) is 14.5. The number of hydrogen-bond acceptors (Lipinski definition) is 5. The highest BCUT2D eigenvalue weighted by molar-refractivity contribution is 7.99. The lowest BCUT2D eigenvalue weighted by atomic mass is 9.97. The van der Waals surface area contributed by atoms with Gasteiger partial charge in [-0.3, -0.25) is 4.79 Å². The van der Waals surface area contributed by atoms with Crippen molar-refractivity contribution < 1.29 is 19.4 Å². The SMILES string of the molecule is COC(=O)C(C)(C)CSc1ccc(C(=O)O)cn1. The molecule has 0 saturated heterocycles. The van der Waals surface area contributed by atoms with E-state index in [-0.39, 0.29) is 11.5 Å². The zero-order valence-corrected chi connectivity index (χ0v) is 11.3. The molecule has 0 saturated carbocycles. The van der Waals surface area contributed by atoms with E-state index in [1.807, 2.05) is 0 Å². The summed E-state index contributed by atoms with van der Waals surface area (Å²) in [6.07, 6.45) is 1.30. The van der Waals surface area contributed by atoms with Gasteiger partial charge >= 0.3 is 11.9 Å². The van der Waals surface area contributed by atoms with Crippen molar-refractivity contribution >= 4 is 23.7 Å². The van der Waals surface area contributed by atoms with Crippen molar-refractivity contribution in [1.82, 2.24) is 4.98 Å². The molecule has 0 aromatic carbocycles. The molecule has 0 radical (unpaired) electrons. The predicted octanol–water partition coefficient (Wildman–Crippen LogP) is 2.07. The zero-order chi connectivity index (χ0) is 13.8. The van der Waals surface area contributed by atoms with Crippen molar-refractivity contribution in [3.8, 4) is 0 Å². The van der Waals surface area contributed by atoms with Crippen LogP contribution in [0.2, 0.25) is 0 Å². The van der Waals surface area contributed by atoms with Gasteiger partial charge in [0, 0.05) is 11.9 Å². The Morgan fingerprint density at radius 3 is 2.56 bits per heavy atom. The third kappa shape index (κ3) is 3.73. The van der Waals surface area contributed by atoms with Crippen LogP contribution in [0.4, 0.5) is 0 Å². The predicted molar refractivity (Wildman–Crippen MR) is 67.7 cm³/mol. The molecular formula is C12H15NO4S. The molecule has 0 amide bonds. The zero-order valence-electron chi connectivity index (χ0n) is 10.5. The molecule has 0 aliphatic carbocycles. The normalized spacial score (nSPS) is 11.1. The van der Waals surface area contributed by atoms with Crippen molar-refractivity contribution in [3.63, 3.8) is 0 Å². The van der Waals surface area contributed by atoms with E-state index >= 15 is 0 Å². The van der Waals surface area contributed by atoms with Crippen LogP contribution in [0.15, 0.2) is 23.4 Å². The number of rotatable bonds is 5. The highest BCUT2D eigenvalue weighted by Crippen LogP contribution is 2.27. The summed E-state index contributed by atoms with van der Waals surface area (Å²) in [4.78, 5) is 26.1. The number of hydrogen-bond donors (Lipinski definition) is 1. The molecule has 1 N–H and O–H groups in total. The van der Waals surface area contributed by atoms with Crippen LogP contribution < -0.4 is 0 Å². The second kappa shape index (κ2) is 5.86. The highest BCUT2D eigenvalue weighted by atomic mass is 32.2. The smallest absolute Gasteiger partial charge is 0.337 e. The quantitative estimate of drug-likeness (QED) is 0.651. The lowest BCUT2D eigenvalue weighted by Crippen LogP contribution is -2.28. The molecule has 1 aromatic heterocycles. The fourth-order valence-electron chi connectivity index (χ4n) is 1.18. The Kier molecular flexibility index (Phi) is 4.72. The number of carboxylic acids is 1. The Morgan fingerprint density at radius 2 is 2.11 bits per heavy atom. The first-order valence-electron chi connectivity index (χ1n) is 5.27. The van der Waals surface area contributed by atoms with Crippen molar-refractivity contribution in [2.75, 3.05) is 12.9 Å². The average Bonchev–Trinajstić information content (AvgIpc) is 2.35. The molecule has 1 heterocycles. The summed E-state index contributed by atoms with van der Waals surface area (Å²) in [5.41, 5.74) is -0.460. The maximum Gasteiger partial charge on any atom is 0.337 e. The fraction of sp³-hybridized carbons (Fsp3) is 0.417. The molecule has 0 spiro atoms. The molecule has 0 aliphatic heterocycles. The number of ether oxygens (including phenoxy) is 1. The first-order chi connectivity index (χ1) is 8.36. The van der Waals surface area contributed by atoms with E-state index < -0.39 is 11.4 Å². The van der Waals surface area contributed by atoms with Crippen LogP contribution in [0.3, 0.4) is 0 Å². The van der Waals surface area contributed by atoms with Gasteiger partial charge in [-0.15, -0.1) is 11.8 Å². The van der Waals surface area contributed by atoms with Gasteiger partial charge in [-0.2, -0.15) is 0 Å². The number of carbonyl (C=O) groups excluding carboxylic acids is 1. The third-order valence-electron chi connectivity index (χ3n) is 2.30.